The third kappa shape index (κ3) is 5.69. The quantitative estimate of drug-likeness (QED) is 0.407. The molecule has 0 amide bonds. The van der Waals surface area contributed by atoms with Crippen LogP contribution in [0.15, 0.2) is 47.4 Å². The minimum absolute atomic E-state index is 0.231. The van der Waals surface area contributed by atoms with Gasteiger partial charge >= 0.3 is 11.9 Å². The predicted octanol–water partition coefficient (Wildman–Crippen LogP) is 4.22. The summed E-state index contributed by atoms with van der Waals surface area (Å²) < 4.78 is 15.1. The lowest BCUT2D eigenvalue weighted by Gasteiger charge is -2.10. The molecule has 2 aromatic rings. The molecule has 0 spiro atoms. The molecule has 0 N–H and O–H groups in total. The molecule has 0 saturated carbocycles. The van der Waals surface area contributed by atoms with E-state index in [1.807, 2.05) is 12.1 Å². The molecular formula is C18H17ClO5S. The molecule has 0 saturated heterocycles. The van der Waals surface area contributed by atoms with Crippen molar-refractivity contribution in [2.75, 3.05) is 20.0 Å². The Hall–Kier alpha value is -2.18. The van der Waals surface area contributed by atoms with Crippen LogP contribution < -0.4 is 9.47 Å². The molecule has 0 atom stereocenters. The number of hydrogen-bond acceptors (Lipinski definition) is 6. The summed E-state index contributed by atoms with van der Waals surface area (Å²) >= 11 is 7.37. The van der Waals surface area contributed by atoms with Gasteiger partial charge in [0.2, 0.25) is 0 Å². The Labute approximate surface area is 155 Å². The Morgan fingerprint density at radius 3 is 2.40 bits per heavy atom. The largest absolute Gasteiger partial charge is 0.493 e. The Bertz CT molecular complexity index is 746. The number of carbonyl (C=O) groups is 2. The lowest BCUT2D eigenvalue weighted by atomic mass is 10.2. The van der Waals surface area contributed by atoms with E-state index in [9.17, 15) is 9.59 Å². The van der Waals surface area contributed by atoms with E-state index >= 15 is 0 Å². The molecular weight excluding hydrogens is 364 g/mol. The van der Waals surface area contributed by atoms with E-state index in [1.54, 1.807) is 12.1 Å². The van der Waals surface area contributed by atoms with Gasteiger partial charge in [-0.3, -0.25) is 4.79 Å². The lowest BCUT2D eigenvalue weighted by Crippen LogP contribution is -2.10. The molecule has 0 heterocycles. The number of hydrogen-bond donors (Lipinski definition) is 0. The number of rotatable bonds is 7. The number of halogens is 1. The maximum absolute atomic E-state index is 12.0. The third-order valence-electron chi connectivity index (χ3n) is 3.20. The summed E-state index contributed by atoms with van der Waals surface area (Å²) in [5.41, 5.74) is 0.317. The zero-order chi connectivity index (χ0) is 18.2. The smallest absolute Gasteiger partial charge is 0.337 e. The van der Waals surface area contributed by atoms with Gasteiger partial charge in [0.15, 0.2) is 11.5 Å². The van der Waals surface area contributed by atoms with Gasteiger partial charge < -0.3 is 14.2 Å². The third-order valence-corrected chi connectivity index (χ3v) is 4.46. The van der Waals surface area contributed by atoms with Crippen LogP contribution in [0.1, 0.15) is 16.8 Å². The number of esters is 2. The van der Waals surface area contributed by atoms with E-state index in [2.05, 4.69) is 4.74 Å². The topological polar surface area (TPSA) is 61.8 Å². The van der Waals surface area contributed by atoms with E-state index in [0.717, 1.165) is 4.90 Å². The van der Waals surface area contributed by atoms with E-state index < -0.39 is 5.97 Å². The summed E-state index contributed by atoms with van der Waals surface area (Å²) in [6.07, 6.45) is 0.231. The van der Waals surface area contributed by atoms with Crippen molar-refractivity contribution in [2.45, 2.75) is 11.3 Å². The standard InChI is InChI=1S/C18H17ClO5S/c1-22-16-11-12(18(21)23-2)3-8-15(16)24-17(20)9-10-25-14-6-4-13(19)5-7-14/h3-8,11H,9-10H2,1-2H3. The molecule has 0 radical (unpaired) electrons. The van der Waals surface area contributed by atoms with E-state index in [1.165, 1.54) is 44.2 Å². The van der Waals surface area contributed by atoms with Gasteiger partial charge in [0.25, 0.3) is 0 Å². The summed E-state index contributed by atoms with van der Waals surface area (Å²) in [7, 11) is 2.73. The van der Waals surface area contributed by atoms with Crippen molar-refractivity contribution < 1.29 is 23.8 Å². The number of benzene rings is 2. The SMILES string of the molecule is COC(=O)c1ccc(OC(=O)CCSc2ccc(Cl)cc2)c(OC)c1. The number of methoxy groups -OCH3 is 2. The normalized spacial score (nSPS) is 10.2. The van der Waals surface area contributed by atoms with Gasteiger partial charge in [-0.1, -0.05) is 11.6 Å². The Balaban J connectivity index is 1.91. The van der Waals surface area contributed by atoms with Gasteiger partial charge in [-0.25, -0.2) is 4.79 Å². The first-order valence-corrected chi connectivity index (χ1v) is 8.75. The van der Waals surface area contributed by atoms with Crippen molar-refractivity contribution in [3.8, 4) is 11.5 Å². The lowest BCUT2D eigenvalue weighted by molar-refractivity contribution is -0.134. The summed E-state index contributed by atoms with van der Waals surface area (Å²) in [6.45, 7) is 0. The fourth-order valence-electron chi connectivity index (χ4n) is 1.95. The van der Waals surface area contributed by atoms with Gasteiger partial charge in [-0.05, 0) is 42.5 Å². The molecule has 5 nitrogen and oxygen atoms in total. The molecule has 0 fully saturated rings. The van der Waals surface area contributed by atoms with Gasteiger partial charge in [0.1, 0.15) is 0 Å². The van der Waals surface area contributed by atoms with Crippen molar-refractivity contribution >= 4 is 35.3 Å². The molecule has 0 aromatic heterocycles. The van der Waals surface area contributed by atoms with Crippen molar-refractivity contribution in [2.24, 2.45) is 0 Å². The van der Waals surface area contributed by atoms with Crippen LogP contribution in [0.5, 0.6) is 11.5 Å². The highest BCUT2D eigenvalue weighted by molar-refractivity contribution is 7.99. The Morgan fingerprint density at radius 2 is 1.76 bits per heavy atom. The second kappa shape index (κ2) is 9.34. The average Bonchev–Trinajstić information content (AvgIpc) is 2.63. The summed E-state index contributed by atoms with van der Waals surface area (Å²) in [5, 5.41) is 0.672. The van der Waals surface area contributed by atoms with Crippen molar-refractivity contribution in [1.82, 2.24) is 0 Å². The maximum Gasteiger partial charge on any atom is 0.337 e. The summed E-state index contributed by atoms with van der Waals surface area (Å²) in [5.74, 6) is 0.252. The van der Waals surface area contributed by atoms with Crippen molar-refractivity contribution in [3.63, 3.8) is 0 Å². The molecule has 7 heteroatoms. The molecule has 0 aliphatic heterocycles. The van der Waals surface area contributed by atoms with Crippen LogP contribution in [0.25, 0.3) is 0 Å². The van der Waals surface area contributed by atoms with Crippen LogP contribution in [0, 0.1) is 0 Å². The van der Waals surface area contributed by atoms with Crippen LogP contribution in [0.4, 0.5) is 0 Å². The monoisotopic (exact) mass is 380 g/mol. The molecule has 25 heavy (non-hydrogen) atoms. The summed E-state index contributed by atoms with van der Waals surface area (Å²) in [6, 6.07) is 11.9. The zero-order valence-electron chi connectivity index (χ0n) is 13.8. The average molecular weight is 381 g/mol. The van der Waals surface area contributed by atoms with Gasteiger partial charge in [-0.2, -0.15) is 0 Å². The first kappa shape index (κ1) is 19.1. The molecule has 0 bridgehead atoms. The summed E-state index contributed by atoms with van der Waals surface area (Å²) in [4.78, 5) is 24.5. The first-order valence-electron chi connectivity index (χ1n) is 7.39. The number of carbonyl (C=O) groups excluding carboxylic acids is 2. The molecule has 2 aromatic carbocycles. The van der Waals surface area contributed by atoms with Gasteiger partial charge in [0.05, 0.1) is 26.2 Å². The van der Waals surface area contributed by atoms with Crippen molar-refractivity contribution in [3.05, 3.63) is 53.1 Å². The Kier molecular flexibility index (Phi) is 7.16. The van der Waals surface area contributed by atoms with Crippen LogP contribution in [0.3, 0.4) is 0 Å². The molecule has 0 aliphatic rings. The first-order chi connectivity index (χ1) is 12.0. The predicted molar refractivity (Wildman–Crippen MR) is 96.8 cm³/mol. The highest BCUT2D eigenvalue weighted by atomic mass is 35.5. The molecule has 0 unspecified atom stereocenters. The Morgan fingerprint density at radius 1 is 1.04 bits per heavy atom. The zero-order valence-corrected chi connectivity index (χ0v) is 15.4. The van der Waals surface area contributed by atoms with Crippen LogP contribution in [-0.2, 0) is 9.53 Å². The molecule has 2 rings (SSSR count). The van der Waals surface area contributed by atoms with E-state index in [4.69, 9.17) is 21.1 Å². The molecule has 0 aliphatic carbocycles. The van der Waals surface area contributed by atoms with Gasteiger partial charge in [0, 0.05) is 15.7 Å². The number of ether oxygens (including phenoxy) is 3. The highest BCUT2D eigenvalue weighted by Gasteiger charge is 2.14. The second-order valence-corrected chi connectivity index (χ2v) is 6.49. The fraction of sp³-hybridized carbons (Fsp3) is 0.222. The van der Waals surface area contributed by atoms with Crippen LogP contribution >= 0.6 is 23.4 Å². The van der Waals surface area contributed by atoms with Crippen LogP contribution in [0.2, 0.25) is 5.02 Å². The van der Waals surface area contributed by atoms with Crippen molar-refractivity contribution in [1.29, 1.82) is 0 Å². The molecule has 132 valence electrons. The number of thioether (sulfide) groups is 1. The minimum Gasteiger partial charge on any atom is -0.493 e. The fourth-order valence-corrected chi connectivity index (χ4v) is 2.91. The van der Waals surface area contributed by atoms with Gasteiger partial charge in [-0.15, -0.1) is 11.8 Å². The van der Waals surface area contributed by atoms with E-state index in [-0.39, 0.29) is 18.1 Å². The maximum atomic E-state index is 12.0. The minimum atomic E-state index is -0.490. The van der Waals surface area contributed by atoms with Crippen LogP contribution in [-0.4, -0.2) is 31.9 Å². The second-order valence-electron chi connectivity index (χ2n) is 4.88. The van der Waals surface area contributed by atoms with E-state index in [0.29, 0.717) is 22.1 Å². The highest BCUT2D eigenvalue weighted by Crippen LogP contribution is 2.29.